The first-order chi connectivity index (χ1) is 14.5. The molecule has 0 saturated heterocycles. The second kappa shape index (κ2) is 10.1. The number of halogens is 1. The molecule has 8 nitrogen and oxygen atoms in total. The third-order valence-corrected chi connectivity index (χ3v) is 5.97. The van der Waals surface area contributed by atoms with Gasteiger partial charge in [-0.25, -0.2) is 0 Å². The van der Waals surface area contributed by atoms with Crippen LogP contribution in [0.25, 0.3) is 0 Å². The van der Waals surface area contributed by atoms with Crippen molar-refractivity contribution < 1.29 is 14.3 Å². The summed E-state index contributed by atoms with van der Waals surface area (Å²) in [7, 11) is 3.22. The summed E-state index contributed by atoms with van der Waals surface area (Å²) in [5, 5.41) is 12.3. The molecule has 0 aliphatic carbocycles. The third-order valence-electron chi connectivity index (χ3n) is 5.62. The Morgan fingerprint density at radius 2 is 1.93 bits per heavy atom. The molecule has 1 aliphatic heterocycles. The molecule has 0 bridgehead atoms. The molecule has 0 spiro atoms. The molecule has 0 unspecified atom stereocenters. The monoisotopic (exact) mass is 435 g/mol. The number of amides is 1. The maximum absolute atomic E-state index is 12.1. The normalized spacial score (nSPS) is 15.2. The number of aromatic nitrogens is 3. The van der Waals surface area contributed by atoms with E-state index in [1.54, 1.807) is 20.3 Å². The minimum atomic E-state index is -0.00162. The highest BCUT2D eigenvalue weighted by molar-refractivity contribution is 6.31. The second-order valence-electron chi connectivity index (χ2n) is 7.54. The number of nitrogens with zero attached hydrogens (tertiary/aromatic N) is 4. The lowest BCUT2D eigenvalue weighted by molar-refractivity contribution is -0.124. The highest BCUT2D eigenvalue weighted by Crippen LogP contribution is 2.33. The Morgan fingerprint density at radius 1 is 1.20 bits per heavy atom. The van der Waals surface area contributed by atoms with Crippen LogP contribution in [0.3, 0.4) is 0 Å². The summed E-state index contributed by atoms with van der Waals surface area (Å²) in [5.74, 6) is 3.09. The summed E-state index contributed by atoms with van der Waals surface area (Å²) in [6, 6.07) is 3.72. The second-order valence-corrected chi connectivity index (χ2v) is 7.94. The lowest BCUT2D eigenvalue weighted by Gasteiger charge is -2.21. The van der Waals surface area contributed by atoms with E-state index in [4.69, 9.17) is 21.1 Å². The molecular formula is C21H30ClN5O3. The highest BCUT2D eigenvalue weighted by atomic mass is 35.5. The van der Waals surface area contributed by atoms with Crippen LogP contribution in [0.2, 0.25) is 5.02 Å². The van der Waals surface area contributed by atoms with E-state index in [2.05, 4.69) is 25.0 Å². The van der Waals surface area contributed by atoms with Gasteiger partial charge in [-0.2, -0.15) is 0 Å². The van der Waals surface area contributed by atoms with Gasteiger partial charge in [-0.3, -0.25) is 9.69 Å². The molecule has 1 aromatic heterocycles. The average molecular weight is 436 g/mol. The van der Waals surface area contributed by atoms with Crippen molar-refractivity contribution >= 4 is 17.5 Å². The van der Waals surface area contributed by atoms with Crippen molar-refractivity contribution in [2.75, 3.05) is 27.3 Å². The van der Waals surface area contributed by atoms with Gasteiger partial charge in [0.1, 0.15) is 5.82 Å². The molecule has 2 heterocycles. The Balaban J connectivity index is 1.65. The number of rotatable bonds is 8. The fraction of sp³-hybridized carbons (Fsp3) is 0.571. The number of hydrogen-bond acceptors (Lipinski definition) is 6. The summed E-state index contributed by atoms with van der Waals surface area (Å²) in [5.41, 5.74) is 0.994. The lowest BCUT2D eigenvalue weighted by atomic mass is 10.1. The van der Waals surface area contributed by atoms with Crippen LogP contribution in [0.15, 0.2) is 12.1 Å². The number of ether oxygens (including phenoxy) is 2. The number of benzene rings is 1. The van der Waals surface area contributed by atoms with Crippen LogP contribution < -0.4 is 14.8 Å². The van der Waals surface area contributed by atoms with Gasteiger partial charge in [0, 0.05) is 49.6 Å². The van der Waals surface area contributed by atoms with Crippen LogP contribution in [0.1, 0.15) is 37.5 Å². The molecule has 1 N–H and O–H groups in total. The summed E-state index contributed by atoms with van der Waals surface area (Å²) < 4.78 is 12.8. The van der Waals surface area contributed by atoms with E-state index in [0.717, 1.165) is 49.7 Å². The van der Waals surface area contributed by atoms with E-state index in [9.17, 15) is 4.79 Å². The molecule has 0 saturated carbocycles. The van der Waals surface area contributed by atoms with Gasteiger partial charge in [-0.1, -0.05) is 25.4 Å². The predicted molar refractivity (Wildman–Crippen MR) is 115 cm³/mol. The predicted octanol–water partition coefficient (Wildman–Crippen LogP) is 2.67. The van der Waals surface area contributed by atoms with E-state index < -0.39 is 0 Å². The van der Waals surface area contributed by atoms with Gasteiger partial charge >= 0.3 is 0 Å². The number of nitrogens with one attached hydrogen (secondary N) is 1. The molecule has 0 fully saturated rings. The molecule has 1 aliphatic rings. The Morgan fingerprint density at radius 3 is 2.63 bits per heavy atom. The molecule has 1 atom stereocenters. The summed E-state index contributed by atoms with van der Waals surface area (Å²) in [6.07, 6.45) is 1.61. The molecule has 2 aromatic rings. The SMILES string of the molecule is CC[C@H](C)C(=O)NCc1nnc2n1CCN(Cc1cc(OC)c(OC)cc1Cl)CC2. The van der Waals surface area contributed by atoms with Crippen LogP contribution in [0, 0.1) is 5.92 Å². The quantitative estimate of drug-likeness (QED) is 0.686. The molecule has 1 amide bonds. The minimum Gasteiger partial charge on any atom is -0.493 e. The summed E-state index contributed by atoms with van der Waals surface area (Å²) in [4.78, 5) is 14.4. The van der Waals surface area contributed by atoms with Gasteiger partial charge in [0.15, 0.2) is 17.3 Å². The van der Waals surface area contributed by atoms with Crippen molar-refractivity contribution in [2.45, 2.75) is 46.3 Å². The number of carbonyl (C=O) groups excluding carboxylic acids is 1. The van der Waals surface area contributed by atoms with Crippen molar-refractivity contribution in [2.24, 2.45) is 5.92 Å². The van der Waals surface area contributed by atoms with E-state index in [-0.39, 0.29) is 11.8 Å². The standard InChI is InChI=1S/C21H30ClN5O3/c1-5-14(2)21(28)23-12-20-25-24-19-6-7-26(8-9-27(19)20)13-15-10-17(29-3)18(30-4)11-16(15)22/h10-11,14H,5-9,12-13H2,1-4H3,(H,23,28)/t14-/m0/s1. The van der Waals surface area contributed by atoms with Crippen molar-refractivity contribution in [1.82, 2.24) is 25.0 Å². The van der Waals surface area contributed by atoms with E-state index >= 15 is 0 Å². The van der Waals surface area contributed by atoms with Gasteiger partial charge < -0.3 is 19.4 Å². The van der Waals surface area contributed by atoms with Crippen molar-refractivity contribution in [3.05, 3.63) is 34.4 Å². The zero-order valence-corrected chi connectivity index (χ0v) is 18.8. The van der Waals surface area contributed by atoms with Crippen molar-refractivity contribution in [3.63, 3.8) is 0 Å². The first-order valence-corrected chi connectivity index (χ1v) is 10.7. The molecule has 0 radical (unpaired) electrons. The number of hydrogen-bond donors (Lipinski definition) is 1. The number of methoxy groups -OCH3 is 2. The first kappa shape index (κ1) is 22.4. The van der Waals surface area contributed by atoms with Gasteiger partial charge in [0.25, 0.3) is 0 Å². The molecule has 3 rings (SSSR count). The van der Waals surface area contributed by atoms with Crippen LogP contribution in [0.5, 0.6) is 11.5 Å². The first-order valence-electron chi connectivity index (χ1n) is 10.3. The van der Waals surface area contributed by atoms with E-state index in [1.807, 2.05) is 19.9 Å². The van der Waals surface area contributed by atoms with Crippen molar-refractivity contribution in [1.29, 1.82) is 0 Å². The summed E-state index contributed by atoms with van der Waals surface area (Å²) in [6.45, 7) is 7.49. The van der Waals surface area contributed by atoms with E-state index in [0.29, 0.717) is 29.6 Å². The van der Waals surface area contributed by atoms with Gasteiger partial charge in [0.05, 0.1) is 20.8 Å². The van der Waals surface area contributed by atoms with Gasteiger partial charge in [-0.15, -0.1) is 10.2 Å². The zero-order valence-electron chi connectivity index (χ0n) is 18.1. The van der Waals surface area contributed by atoms with E-state index in [1.165, 1.54) is 0 Å². The Labute approximate surface area is 182 Å². The van der Waals surface area contributed by atoms with Crippen LogP contribution in [-0.2, 0) is 30.8 Å². The highest BCUT2D eigenvalue weighted by Gasteiger charge is 2.21. The Hall–Kier alpha value is -2.32. The zero-order chi connectivity index (χ0) is 21.7. The molecule has 1 aromatic carbocycles. The Kier molecular flexibility index (Phi) is 7.55. The molecular weight excluding hydrogens is 406 g/mol. The van der Waals surface area contributed by atoms with Crippen LogP contribution in [-0.4, -0.2) is 52.9 Å². The van der Waals surface area contributed by atoms with Crippen LogP contribution >= 0.6 is 11.6 Å². The number of fused-ring (bicyclic) bond motifs is 1. The maximum atomic E-state index is 12.1. The molecule has 164 valence electrons. The fourth-order valence-electron chi connectivity index (χ4n) is 3.50. The average Bonchev–Trinajstić information content (AvgIpc) is 3.04. The maximum Gasteiger partial charge on any atom is 0.223 e. The number of carbonyl (C=O) groups is 1. The molecule has 30 heavy (non-hydrogen) atoms. The van der Waals surface area contributed by atoms with Gasteiger partial charge in [0.2, 0.25) is 5.91 Å². The smallest absolute Gasteiger partial charge is 0.223 e. The largest absolute Gasteiger partial charge is 0.493 e. The van der Waals surface area contributed by atoms with Gasteiger partial charge in [-0.05, 0) is 18.1 Å². The van der Waals surface area contributed by atoms with Crippen molar-refractivity contribution in [3.8, 4) is 11.5 Å². The summed E-state index contributed by atoms with van der Waals surface area (Å²) >= 11 is 6.47. The fourth-order valence-corrected chi connectivity index (χ4v) is 3.71. The topological polar surface area (TPSA) is 81.5 Å². The minimum absolute atomic E-state index is 0.00162. The Bertz CT molecular complexity index is 886. The van der Waals surface area contributed by atoms with Crippen LogP contribution in [0.4, 0.5) is 0 Å². The molecule has 9 heteroatoms. The third kappa shape index (κ3) is 5.05. The lowest BCUT2D eigenvalue weighted by Crippen LogP contribution is -2.30.